The fraction of sp³-hybridized carbons (Fsp3) is 0.0909. The van der Waals surface area contributed by atoms with Gasteiger partial charge in [-0.3, -0.25) is 0 Å². The lowest BCUT2D eigenvalue weighted by molar-refractivity contribution is 0.420. The maximum Gasteiger partial charge on any atom is 0.128 e. The Labute approximate surface area is 141 Å². The molecular formula is C22H19NO. The molecule has 1 aromatic heterocycles. The summed E-state index contributed by atoms with van der Waals surface area (Å²) >= 11 is 0. The van der Waals surface area contributed by atoms with E-state index < -0.39 is 0 Å². The molecule has 0 atom stereocenters. The van der Waals surface area contributed by atoms with E-state index in [4.69, 9.17) is 4.74 Å². The molecular weight excluding hydrogens is 294 g/mol. The molecule has 0 spiro atoms. The second-order valence-electron chi connectivity index (χ2n) is 5.86. The quantitative estimate of drug-likeness (QED) is 0.494. The van der Waals surface area contributed by atoms with Gasteiger partial charge in [-0.25, -0.2) is 0 Å². The maximum atomic E-state index is 5.57. The summed E-state index contributed by atoms with van der Waals surface area (Å²) < 4.78 is 7.93. The second kappa shape index (κ2) is 6.25. The van der Waals surface area contributed by atoms with E-state index in [-0.39, 0.29) is 0 Å². The first-order chi connectivity index (χ1) is 11.9. The fourth-order valence-electron chi connectivity index (χ4n) is 3.22. The van der Waals surface area contributed by atoms with Crippen molar-refractivity contribution in [2.45, 2.75) is 6.54 Å². The lowest BCUT2D eigenvalue weighted by atomic mass is 10.1. The van der Waals surface area contributed by atoms with Crippen LogP contribution in [0.4, 0.5) is 0 Å². The molecule has 4 rings (SSSR count). The average Bonchev–Trinajstić information content (AvgIpc) is 3.02. The number of nitrogens with zero attached hydrogens (tertiary/aromatic N) is 1. The van der Waals surface area contributed by atoms with Gasteiger partial charge in [0.2, 0.25) is 0 Å². The molecule has 118 valence electrons. The van der Waals surface area contributed by atoms with Crippen LogP contribution in [0.15, 0.2) is 84.9 Å². The normalized spacial score (nSPS) is 10.9. The number of benzene rings is 3. The predicted molar refractivity (Wildman–Crippen MR) is 99.5 cm³/mol. The van der Waals surface area contributed by atoms with Crippen LogP contribution in [-0.2, 0) is 6.54 Å². The highest BCUT2D eigenvalue weighted by Crippen LogP contribution is 2.34. The Morgan fingerprint density at radius 2 is 1.50 bits per heavy atom. The molecule has 0 amide bonds. The predicted octanol–water partition coefficient (Wildman–Crippen LogP) is 5.37. The van der Waals surface area contributed by atoms with E-state index in [1.807, 2.05) is 12.1 Å². The first-order valence-corrected chi connectivity index (χ1v) is 8.12. The molecule has 0 aliphatic rings. The fourth-order valence-corrected chi connectivity index (χ4v) is 3.22. The van der Waals surface area contributed by atoms with Gasteiger partial charge in [0.1, 0.15) is 5.75 Å². The highest BCUT2D eigenvalue weighted by atomic mass is 16.5. The Hall–Kier alpha value is -3.00. The molecule has 0 unspecified atom stereocenters. The summed E-state index contributed by atoms with van der Waals surface area (Å²) in [6, 6.07) is 29.5. The van der Waals surface area contributed by atoms with Gasteiger partial charge in [0, 0.05) is 17.6 Å². The summed E-state index contributed by atoms with van der Waals surface area (Å²) in [5.74, 6) is 0.913. The van der Waals surface area contributed by atoms with E-state index in [1.54, 1.807) is 7.11 Å². The van der Waals surface area contributed by atoms with Crippen molar-refractivity contribution in [1.82, 2.24) is 4.57 Å². The first-order valence-electron chi connectivity index (χ1n) is 8.12. The molecule has 24 heavy (non-hydrogen) atoms. The number of hydrogen-bond donors (Lipinski definition) is 0. The van der Waals surface area contributed by atoms with E-state index in [0.29, 0.717) is 0 Å². The van der Waals surface area contributed by atoms with Crippen molar-refractivity contribution in [2.75, 3.05) is 7.11 Å². The third-order valence-corrected chi connectivity index (χ3v) is 4.38. The van der Waals surface area contributed by atoms with Crippen molar-refractivity contribution < 1.29 is 4.74 Å². The Morgan fingerprint density at radius 3 is 2.21 bits per heavy atom. The summed E-state index contributed by atoms with van der Waals surface area (Å²) in [4.78, 5) is 0. The lowest BCUT2D eigenvalue weighted by Gasteiger charge is -2.11. The Kier molecular flexibility index (Phi) is 3.80. The molecule has 0 aliphatic carbocycles. The minimum atomic E-state index is 0.835. The molecule has 0 bridgehead atoms. The smallest absolute Gasteiger partial charge is 0.128 e. The minimum absolute atomic E-state index is 0.835. The van der Waals surface area contributed by atoms with Crippen molar-refractivity contribution in [1.29, 1.82) is 0 Å². The highest BCUT2D eigenvalue weighted by Gasteiger charge is 2.13. The van der Waals surface area contributed by atoms with E-state index >= 15 is 0 Å². The zero-order valence-corrected chi connectivity index (χ0v) is 13.6. The van der Waals surface area contributed by atoms with Gasteiger partial charge < -0.3 is 9.30 Å². The lowest BCUT2D eigenvalue weighted by Crippen LogP contribution is -2.01. The topological polar surface area (TPSA) is 14.2 Å². The standard InChI is InChI=1S/C22H19NO/c1-24-22-14-8-13-20-19(22)15-21(18-11-6-3-7-12-18)23(20)16-17-9-4-2-5-10-17/h2-15H,16H2,1H3. The van der Waals surface area contributed by atoms with Crippen LogP contribution in [0.1, 0.15) is 5.56 Å². The van der Waals surface area contributed by atoms with Crippen LogP contribution in [0.25, 0.3) is 22.2 Å². The molecule has 0 N–H and O–H groups in total. The van der Waals surface area contributed by atoms with Crippen LogP contribution >= 0.6 is 0 Å². The van der Waals surface area contributed by atoms with Crippen LogP contribution in [0, 0.1) is 0 Å². The van der Waals surface area contributed by atoms with Gasteiger partial charge in [-0.2, -0.15) is 0 Å². The Morgan fingerprint density at radius 1 is 0.792 bits per heavy atom. The number of hydrogen-bond acceptors (Lipinski definition) is 1. The van der Waals surface area contributed by atoms with Gasteiger partial charge in [-0.15, -0.1) is 0 Å². The molecule has 0 aliphatic heterocycles. The Balaban J connectivity index is 1.94. The van der Waals surface area contributed by atoms with Gasteiger partial charge in [0.05, 0.1) is 12.6 Å². The van der Waals surface area contributed by atoms with Crippen molar-refractivity contribution in [2.24, 2.45) is 0 Å². The number of ether oxygens (including phenoxy) is 1. The largest absolute Gasteiger partial charge is 0.496 e. The minimum Gasteiger partial charge on any atom is -0.496 e. The van der Waals surface area contributed by atoms with Gasteiger partial charge in [0.15, 0.2) is 0 Å². The summed E-state index contributed by atoms with van der Waals surface area (Å²) in [7, 11) is 1.73. The highest BCUT2D eigenvalue weighted by molar-refractivity contribution is 5.92. The van der Waals surface area contributed by atoms with Crippen molar-refractivity contribution in [3.8, 4) is 17.0 Å². The van der Waals surface area contributed by atoms with Crippen LogP contribution in [0.3, 0.4) is 0 Å². The van der Waals surface area contributed by atoms with Gasteiger partial charge in [-0.1, -0.05) is 66.7 Å². The summed E-state index contributed by atoms with van der Waals surface area (Å²) in [6.07, 6.45) is 0. The van der Waals surface area contributed by atoms with Crippen molar-refractivity contribution in [3.05, 3.63) is 90.5 Å². The van der Waals surface area contributed by atoms with Crippen LogP contribution in [0.2, 0.25) is 0 Å². The molecule has 1 heterocycles. The summed E-state index contributed by atoms with van der Waals surface area (Å²) in [6.45, 7) is 0.835. The average molecular weight is 313 g/mol. The summed E-state index contributed by atoms with van der Waals surface area (Å²) in [5.41, 5.74) is 4.90. The Bertz CT molecular complexity index is 955. The van der Waals surface area contributed by atoms with Gasteiger partial charge >= 0.3 is 0 Å². The molecule has 0 radical (unpaired) electrons. The van der Waals surface area contributed by atoms with Gasteiger partial charge in [-0.05, 0) is 29.3 Å². The molecule has 0 saturated carbocycles. The van der Waals surface area contributed by atoms with Gasteiger partial charge in [0.25, 0.3) is 0 Å². The van der Waals surface area contributed by atoms with E-state index in [2.05, 4.69) is 77.4 Å². The number of aromatic nitrogens is 1. The molecule has 2 heteroatoms. The number of fused-ring (bicyclic) bond motifs is 1. The zero-order chi connectivity index (χ0) is 16.4. The van der Waals surface area contributed by atoms with E-state index in [1.165, 1.54) is 22.3 Å². The second-order valence-corrected chi connectivity index (χ2v) is 5.86. The first kappa shape index (κ1) is 14.6. The third kappa shape index (κ3) is 2.56. The molecule has 0 fully saturated rings. The zero-order valence-electron chi connectivity index (χ0n) is 13.6. The summed E-state index contributed by atoms with van der Waals surface area (Å²) in [5, 5.41) is 1.15. The van der Waals surface area contributed by atoms with Crippen LogP contribution in [-0.4, -0.2) is 11.7 Å². The number of methoxy groups -OCH3 is 1. The third-order valence-electron chi connectivity index (χ3n) is 4.38. The molecule has 3 aromatic carbocycles. The van der Waals surface area contributed by atoms with E-state index in [0.717, 1.165) is 17.7 Å². The van der Waals surface area contributed by atoms with Crippen molar-refractivity contribution in [3.63, 3.8) is 0 Å². The monoisotopic (exact) mass is 313 g/mol. The SMILES string of the molecule is COc1cccc2c1cc(-c1ccccc1)n2Cc1ccccc1. The maximum absolute atomic E-state index is 5.57. The van der Waals surface area contributed by atoms with E-state index in [9.17, 15) is 0 Å². The molecule has 2 nitrogen and oxygen atoms in total. The number of rotatable bonds is 4. The molecule has 0 saturated heterocycles. The van der Waals surface area contributed by atoms with Crippen LogP contribution in [0.5, 0.6) is 5.75 Å². The van der Waals surface area contributed by atoms with Crippen molar-refractivity contribution >= 4 is 10.9 Å². The van der Waals surface area contributed by atoms with Crippen LogP contribution < -0.4 is 4.74 Å². The molecule has 4 aromatic rings.